The lowest BCUT2D eigenvalue weighted by Crippen LogP contribution is -2.34. The highest BCUT2D eigenvalue weighted by Gasteiger charge is 2.34. The zero-order chi connectivity index (χ0) is 12.6. The molecule has 1 aliphatic heterocycles. The number of carbonyl (C=O) groups is 1. The van der Waals surface area contributed by atoms with Crippen LogP contribution in [0.2, 0.25) is 0 Å². The lowest BCUT2D eigenvalue weighted by molar-refractivity contribution is 0.0571. The van der Waals surface area contributed by atoms with E-state index in [0.29, 0.717) is 29.5 Å². The van der Waals surface area contributed by atoms with E-state index in [1.165, 1.54) is 18.2 Å². The molecule has 0 radical (unpaired) electrons. The number of amides is 1. The standard InChI is InChI=1S/C12H13BrFNO2/c1-12(17)4-5-15(7-12)11(16)9-3-2-8(14)6-10(9)13/h2-3,6,17H,4-5,7H2,1H3. The molecule has 1 fully saturated rings. The molecule has 92 valence electrons. The number of likely N-dealkylation sites (tertiary alicyclic amines) is 1. The highest BCUT2D eigenvalue weighted by Crippen LogP contribution is 2.25. The van der Waals surface area contributed by atoms with Crippen LogP contribution >= 0.6 is 15.9 Å². The molecule has 5 heteroatoms. The van der Waals surface area contributed by atoms with E-state index in [1.54, 1.807) is 11.8 Å². The lowest BCUT2D eigenvalue weighted by atomic mass is 10.1. The second-order valence-corrected chi connectivity index (χ2v) is 5.45. The van der Waals surface area contributed by atoms with Crippen LogP contribution in [0.5, 0.6) is 0 Å². The predicted molar refractivity (Wildman–Crippen MR) is 65.2 cm³/mol. The summed E-state index contributed by atoms with van der Waals surface area (Å²) in [5, 5.41) is 9.81. The molecule has 1 unspecified atom stereocenters. The number of nitrogens with zero attached hydrogens (tertiary/aromatic N) is 1. The summed E-state index contributed by atoms with van der Waals surface area (Å²) in [7, 11) is 0. The van der Waals surface area contributed by atoms with Crippen LogP contribution in [-0.4, -0.2) is 34.6 Å². The van der Waals surface area contributed by atoms with Gasteiger partial charge in [-0.05, 0) is 47.5 Å². The number of rotatable bonds is 1. The maximum Gasteiger partial charge on any atom is 0.255 e. The van der Waals surface area contributed by atoms with Gasteiger partial charge in [0.2, 0.25) is 0 Å². The van der Waals surface area contributed by atoms with Gasteiger partial charge in [0.1, 0.15) is 5.82 Å². The molecule has 17 heavy (non-hydrogen) atoms. The first-order valence-electron chi connectivity index (χ1n) is 5.36. The van der Waals surface area contributed by atoms with Gasteiger partial charge in [0.15, 0.2) is 0 Å². The summed E-state index contributed by atoms with van der Waals surface area (Å²) < 4.78 is 13.4. The second kappa shape index (κ2) is 4.38. The van der Waals surface area contributed by atoms with Crippen molar-refractivity contribution in [3.8, 4) is 0 Å². The molecule has 0 spiro atoms. The third-order valence-corrected chi connectivity index (χ3v) is 3.56. The van der Waals surface area contributed by atoms with E-state index in [-0.39, 0.29) is 11.7 Å². The molecule has 1 amide bonds. The van der Waals surface area contributed by atoms with Crippen LogP contribution in [0.4, 0.5) is 4.39 Å². The lowest BCUT2D eigenvalue weighted by Gasteiger charge is -2.19. The van der Waals surface area contributed by atoms with Gasteiger partial charge in [-0.1, -0.05) is 0 Å². The van der Waals surface area contributed by atoms with Crippen LogP contribution in [0, 0.1) is 5.82 Å². The van der Waals surface area contributed by atoms with Crippen LogP contribution in [0.25, 0.3) is 0 Å². The Labute approximate surface area is 107 Å². The Bertz CT molecular complexity index is 462. The van der Waals surface area contributed by atoms with E-state index in [0.717, 1.165) is 0 Å². The molecular weight excluding hydrogens is 289 g/mol. The van der Waals surface area contributed by atoms with E-state index < -0.39 is 5.60 Å². The highest BCUT2D eigenvalue weighted by atomic mass is 79.9. The first-order valence-corrected chi connectivity index (χ1v) is 6.15. The number of halogens is 2. The van der Waals surface area contributed by atoms with Crippen molar-refractivity contribution in [3.63, 3.8) is 0 Å². The molecule has 0 bridgehead atoms. The zero-order valence-corrected chi connectivity index (χ0v) is 11.0. The summed E-state index contributed by atoms with van der Waals surface area (Å²) in [5.74, 6) is -0.573. The van der Waals surface area contributed by atoms with Gasteiger partial charge in [0.25, 0.3) is 5.91 Å². The molecule has 1 aromatic carbocycles. The molecule has 1 aliphatic rings. The Morgan fingerprint density at radius 3 is 2.82 bits per heavy atom. The fraction of sp³-hybridized carbons (Fsp3) is 0.417. The minimum Gasteiger partial charge on any atom is -0.388 e. The van der Waals surface area contributed by atoms with E-state index in [2.05, 4.69) is 15.9 Å². The van der Waals surface area contributed by atoms with Gasteiger partial charge in [0.05, 0.1) is 11.2 Å². The summed E-state index contributed by atoms with van der Waals surface area (Å²) in [6, 6.07) is 3.97. The second-order valence-electron chi connectivity index (χ2n) is 4.60. The van der Waals surface area contributed by atoms with Crippen molar-refractivity contribution in [2.75, 3.05) is 13.1 Å². The minimum absolute atomic E-state index is 0.186. The number of aliphatic hydroxyl groups is 1. The Balaban J connectivity index is 2.21. The Hall–Kier alpha value is -0.940. The SMILES string of the molecule is CC1(O)CCN(C(=O)c2ccc(F)cc2Br)C1. The first-order chi connectivity index (χ1) is 7.89. The van der Waals surface area contributed by atoms with Crippen LogP contribution in [0.3, 0.4) is 0 Å². The number of benzene rings is 1. The minimum atomic E-state index is -0.817. The van der Waals surface area contributed by atoms with Gasteiger partial charge in [-0.15, -0.1) is 0 Å². The van der Waals surface area contributed by atoms with Crippen molar-refractivity contribution in [2.45, 2.75) is 18.9 Å². The van der Waals surface area contributed by atoms with Gasteiger partial charge in [-0.25, -0.2) is 4.39 Å². The average Bonchev–Trinajstić information content (AvgIpc) is 2.58. The van der Waals surface area contributed by atoms with E-state index in [1.807, 2.05) is 0 Å². The van der Waals surface area contributed by atoms with Gasteiger partial charge < -0.3 is 10.0 Å². The van der Waals surface area contributed by atoms with Crippen molar-refractivity contribution >= 4 is 21.8 Å². The number of carbonyl (C=O) groups excluding carboxylic acids is 1. The summed E-state index contributed by atoms with van der Waals surface area (Å²) in [4.78, 5) is 13.7. The smallest absolute Gasteiger partial charge is 0.255 e. The van der Waals surface area contributed by atoms with Gasteiger partial charge in [-0.2, -0.15) is 0 Å². The van der Waals surface area contributed by atoms with Crippen molar-refractivity contribution < 1.29 is 14.3 Å². The number of hydrogen-bond acceptors (Lipinski definition) is 2. The van der Waals surface area contributed by atoms with Crippen LogP contribution in [0.15, 0.2) is 22.7 Å². The fourth-order valence-electron chi connectivity index (χ4n) is 1.95. The van der Waals surface area contributed by atoms with E-state index >= 15 is 0 Å². The van der Waals surface area contributed by atoms with Gasteiger partial charge >= 0.3 is 0 Å². The number of β-amino-alcohol motifs (C(OH)–C–C–N with tert-alkyl or cyclic N) is 1. The summed E-state index contributed by atoms with van der Waals surface area (Å²) in [5.41, 5.74) is -0.397. The quantitative estimate of drug-likeness (QED) is 0.864. The van der Waals surface area contributed by atoms with Gasteiger partial charge in [-0.3, -0.25) is 4.79 Å². The molecular formula is C12H13BrFNO2. The fourth-order valence-corrected chi connectivity index (χ4v) is 2.47. The molecule has 3 nitrogen and oxygen atoms in total. The van der Waals surface area contributed by atoms with E-state index in [9.17, 15) is 14.3 Å². The third kappa shape index (κ3) is 2.66. The average molecular weight is 302 g/mol. The monoisotopic (exact) mass is 301 g/mol. The molecule has 1 N–H and O–H groups in total. The Kier molecular flexibility index (Phi) is 3.23. The van der Waals surface area contributed by atoms with Crippen molar-refractivity contribution in [1.82, 2.24) is 4.90 Å². The Morgan fingerprint density at radius 2 is 2.29 bits per heavy atom. The largest absolute Gasteiger partial charge is 0.388 e. The molecule has 2 rings (SSSR count). The highest BCUT2D eigenvalue weighted by molar-refractivity contribution is 9.10. The molecule has 1 atom stereocenters. The molecule has 0 aliphatic carbocycles. The Morgan fingerprint density at radius 1 is 1.59 bits per heavy atom. The molecule has 0 saturated carbocycles. The first kappa shape index (κ1) is 12.5. The molecule has 0 aromatic heterocycles. The van der Waals surface area contributed by atoms with Crippen molar-refractivity contribution in [2.24, 2.45) is 0 Å². The topological polar surface area (TPSA) is 40.5 Å². The molecule has 1 saturated heterocycles. The third-order valence-electron chi connectivity index (χ3n) is 2.90. The zero-order valence-electron chi connectivity index (χ0n) is 9.41. The summed E-state index contributed by atoms with van der Waals surface area (Å²) in [6.07, 6.45) is 0.567. The van der Waals surface area contributed by atoms with Crippen LogP contribution in [0.1, 0.15) is 23.7 Å². The molecule has 1 aromatic rings. The number of hydrogen-bond donors (Lipinski definition) is 1. The van der Waals surface area contributed by atoms with Crippen molar-refractivity contribution in [1.29, 1.82) is 0 Å². The summed E-state index contributed by atoms with van der Waals surface area (Å²) in [6.45, 7) is 2.55. The van der Waals surface area contributed by atoms with Gasteiger partial charge in [0, 0.05) is 17.6 Å². The maximum absolute atomic E-state index is 12.9. The van der Waals surface area contributed by atoms with E-state index in [4.69, 9.17) is 0 Å². The van der Waals surface area contributed by atoms with Crippen LogP contribution < -0.4 is 0 Å². The summed E-state index contributed by atoms with van der Waals surface area (Å²) >= 11 is 3.17. The normalized spacial score (nSPS) is 24.1. The van der Waals surface area contributed by atoms with Crippen LogP contribution in [-0.2, 0) is 0 Å². The predicted octanol–water partition coefficient (Wildman–Crippen LogP) is 2.19. The molecule has 1 heterocycles. The maximum atomic E-state index is 12.9. The van der Waals surface area contributed by atoms with Crippen molar-refractivity contribution in [3.05, 3.63) is 34.1 Å².